The Hall–Kier alpha value is -3.07. The molecule has 0 amide bonds. The highest BCUT2D eigenvalue weighted by Gasteiger charge is 2.29. The van der Waals surface area contributed by atoms with E-state index in [2.05, 4.69) is 6.92 Å². The van der Waals surface area contributed by atoms with Crippen molar-refractivity contribution in [2.24, 2.45) is 0 Å². The summed E-state index contributed by atoms with van der Waals surface area (Å²) < 4.78 is 7.05. The molecule has 3 rings (SSSR count). The normalized spacial score (nSPS) is 14.3. The molecule has 158 valence electrons. The lowest BCUT2D eigenvalue weighted by Crippen LogP contribution is -2.31. The zero-order valence-electron chi connectivity index (χ0n) is 17.6. The van der Waals surface area contributed by atoms with E-state index in [-0.39, 0.29) is 28.6 Å². The van der Waals surface area contributed by atoms with Crippen LogP contribution in [0.15, 0.2) is 29.1 Å². The topological polar surface area (TPSA) is 92.3 Å². The first kappa shape index (κ1) is 21.6. The number of carbonyl (C=O) groups is 1. The van der Waals surface area contributed by atoms with Crippen LogP contribution in [0.3, 0.4) is 0 Å². The van der Waals surface area contributed by atoms with Crippen molar-refractivity contribution in [3.05, 3.63) is 56.9 Å². The number of pyridine rings is 1. The molecule has 0 saturated heterocycles. The molecule has 0 unspecified atom stereocenters. The number of aromatic nitrogens is 1. The fourth-order valence-electron chi connectivity index (χ4n) is 4.11. The summed E-state index contributed by atoms with van der Waals surface area (Å²) in [5.41, 5.74) is -0.0945. The average Bonchev–Trinajstić information content (AvgIpc) is 2.75. The van der Waals surface area contributed by atoms with E-state index in [4.69, 9.17) is 4.74 Å². The summed E-state index contributed by atoms with van der Waals surface area (Å²) in [5.74, 6) is -0.362. The van der Waals surface area contributed by atoms with Crippen LogP contribution in [-0.2, 0) is 0 Å². The van der Waals surface area contributed by atoms with Crippen LogP contribution >= 0.6 is 0 Å². The fourth-order valence-corrected chi connectivity index (χ4v) is 4.11. The van der Waals surface area contributed by atoms with Gasteiger partial charge in [0.15, 0.2) is 0 Å². The van der Waals surface area contributed by atoms with Gasteiger partial charge in [-0.25, -0.2) is 0 Å². The fraction of sp³-hybridized carbons (Fsp3) is 0.458. The summed E-state index contributed by atoms with van der Waals surface area (Å²) in [6, 6.07) is 8.62. The lowest BCUT2D eigenvalue weighted by atomic mass is 9.92. The number of aromatic hydroxyl groups is 1. The standard InChI is InChI=1S/C24H28N2O4/c1-3-4-14-30-20-13-9-8-12-18(20)22(27)21-16(2)19(15-25)23(28)26(24(21)29)17-10-6-5-7-11-17/h8-9,12-13,17,29H,3-7,10-11,14H2,1-2H3. The van der Waals surface area contributed by atoms with Crippen LogP contribution in [0.25, 0.3) is 0 Å². The number of hydrogen-bond acceptors (Lipinski definition) is 5. The number of nitriles is 1. The van der Waals surface area contributed by atoms with Crippen LogP contribution in [0.1, 0.15) is 85.0 Å². The Balaban J connectivity index is 2.13. The van der Waals surface area contributed by atoms with E-state index in [9.17, 15) is 20.0 Å². The van der Waals surface area contributed by atoms with Gasteiger partial charge in [0.05, 0.1) is 17.7 Å². The minimum atomic E-state index is -0.525. The van der Waals surface area contributed by atoms with Crippen molar-refractivity contribution in [1.29, 1.82) is 5.26 Å². The van der Waals surface area contributed by atoms with Crippen molar-refractivity contribution in [1.82, 2.24) is 4.57 Å². The van der Waals surface area contributed by atoms with Crippen LogP contribution < -0.4 is 10.3 Å². The number of unbranched alkanes of at least 4 members (excludes halogenated alkanes) is 1. The Morgan fingerprint density at radius 3 is 2.63 bits per heavy atom. The van der Waals surface area contributed by atoms with Gasteiger partial charge < -0.3 is 9.84 Å². The number of hydrogen-bond donors (Lipinski definition) is 1. The first-order valence-electron chi connectivity index (χ1n) is 10.7. The van der Waals surface area contributed by atoms with E-state index in [0.717, 1.165) is 44.9 Å². The molecule has 2 aromatic rings. The van der Waals surface area contributed by atoms with Gasteiger partial charge in [0.1, 0.15) is 17.4 Å². The van der Waals surface area contributed by atoms with E-state index < -0.39 is 11.3 Å². The molecule has 0 radical (unpaired) electrons. The number of ketones is 1. The maximum atomic E-state index is 13.5. The second-order valence-electron chi connectivity index (χ2n) is 7.80. The second-order valence-corrected chi connectivity index (χ2v) is 7.80. The third kappa shape index (κ3) is 4.11. The van der Waals surface area contributed by atoms with Gasteiger partial charge in [0.2, 0.25) is 11.7 Å². The molecule has 1 aliphatic rings. The quantitative estimate of drug-likeness (QED) is 0.532. The lowest BCUT2D eigenvalue weighted by molar-refractivity contribution is 0.102. The SMILES string of the molecule is CCCCOc1ccccc1C(=O)c1c(C)c(C#N)c(=O)n(C2CCCCC2)c1O. The first-order chi connectivity index (χ1) is 14.5. The molecular formula is C24H28N2O4. The lowest BCUT2D eigenvalue weighted by Gasteiger charge is -2.26. The molecule has 1 N–H and O–H groups in total. The van der Waals surface area contributed by atoms with E-state index in [1.54, 1.807) is 31.2 Å². The van der Waals surface area contributed by atoms with Crippen LogP contribution in [0.4, 0.5) is 0 Å². The number of ether oxygens (including phenoxy) is 1. The van der Waals surface area contributed by atoms with Gasteiger partial charge in [-0.15, -0.1) is 0 Å². The molecule has 1 aromatic carbocycles. The second kappa shape index (κ2) is 9.62. The smallest absolute Gasteiger partial charge is 0.271 e. The highest BCUT2D eigenvalue weighted by molar-refractivity contribution is 6.13. The molecule has 6 heteroatoms. The van der Waals surface area contributed by atoms with Gasteiger partial charge in [-0.1, -0.05) is 44.7 Å². The van der Waals surface area contributed by atoms with E-state index in [1.165, 1.54) is 4.57 Å². The highest BCUT2D eigenvalue weighted by Crippen LogP contribution is 2.34. The molecule has 0 spiro atoms. The van der Waals surface area contributed by atoms with Gasteiger partial charge in [-0.3, -0.25) is 14.2 Å². The molecule has 1 aromatic heterocycles. The third-order valence-electron chi connectivity index (χ3n) is 5.80. The van der Waals surface area contributed by atoms with Crippen molar-refractivity contribution in [3.63, 3.8) is 0 Å². The Morgan fingerprint density at radius 2 is 1.97 bits per heavy atom. The summed E-state index contributed by atoms with van der Waals surface area (Å²) >= 11 is 0. The summed E-state index contributed by atoms with van der Waals surface area (Å²) in [6.45, 7) is 4.08. The van der Waals surface area contributed by atoms with Crippen molar-refractivity contribution in [2.45, 2.75) is 64.8 Å². The minimum Gasteiger partial charge on any atom is -0.494 e. The third-order valence-corrected chi connectivity index (χ3v) is 5.80. The molecule has 1 heterocycles. The van der Waals surface area contributed by atoms with Crippen molar-refractivity contribution in [3.8, 4) is 17.7 Å². The molecule has 0 atom stereocenters. The molecule has 0 aliphatic heterocycles. The summed E-state index contributed by atoms with van der Waals surface area (Å²) in [6.07, 6.45) is 6.29. The van der Waals surface area contributed by atoms with Gasteiger partial charge in [0, 0.05) is 6.04 Å². The molecule has 1 fully saturated rings. The Morgan fingerprint density at radius 1 is 1.27 bits per heavy atom. The van der Waals surface area contributed by atoms with E-state index in [1.807, 2.05) is 6.07 Å². The number of benzene rings is 1. The van der Waals surface area contributed by atoms with Crippen LogP contribution in [0, 0.1) is 18.3 Å². The molecular weight excluding hydrogens is 380 g/mol. The maximum Gasteiger partial charge on any atom is 0.271 e. The molecule has 6 nitrogen and oxygen atoms in total. The van der Waals surface area contributed by atoms with Crippen LogP contribution in [-0.4, -0.2) is 22.1 Å². The number of carbonyl (C=O) groups excluding carboxylic acids is 1. The zero-order chi connectivity index (χ0) is 21.7. The maximum absolute atomic E-state index is 13.5. The molecule has 1 saturated carbocycles. The highest BCUT2D eigenvalue weighted by atomic mass is 16.5. The number of rotatable bonds is 7. The van der Waals surface area contributed by atoms with E-state index >= 15 is 0 Å². The predicted molar refractivity (Wildman–Crippen MR) is 114 cm³/mol. The molecule has 1 aliphatic carbocycles. The predicted octanol–water partition coefficient (Wildman–Crippen LogP) is 4.65. The van der Waals surface area contributed by atoms with Gasteiger partial charge >= 0.3 is 0 Å². The van der Waals surface area contributed by atoms with Crippen LogP contribution in [0.2, 0.25) is 0 Å². The van der Waals surface area contributed by atoms with Gasteiger partial charge in [0.25, 0.3) is 5.56 Å². The van der Waals surface area contributed by atoms with Crippen molar-refractivity contribution in [2.75, 3.05) is 6.61 Å². The minimum absolute atomic E-state index is 0.00302. The monoisotopic (exact) mass is 408 g/mol. The van der Waals surface area contributed by atoms with Crippen molar-refractivity contribution < 1.29 is 14.6 Å². The Labute approximate surface area is 176 Å². The number of para-hydroxylation sites is 1. The Kier molecular flexibility index (Phi) is 6.94. The summed E-state index contributed by atoms with van der Waals surface area (Å²) in [4.78, 5) is 26.4. The zero-order valence-corrected chi connectivity index (χ0v) is 17.6. The average molecular weight is 408 g/mol. The summed E-state index contributed by atoms with van der Waals surface area (Å²) in [5, 5.41) is 20.7. The van der Waals surface area contributed by atoms with E-state index in [0.29, 0.717) is 17.9 Å². The summed E-state index contributed by atoms with van der Waals surface area (Å²) in [7, 11) is 0. The Bertz CT molecular complexity index is 1030. The first-order valence-corrected chi connectivity index (χ1v) is 10.7. The van der Waals surface area contributed by atoms with Crippen molar-refractivity contribution >= 4 is 5.78 Å². The molecule has 30 heavy (non-hydrogen) atoms. The van der Waals surface area contributed by atoms with Crippen LogP contribution in [0.5, 0.6) is 11.6 Å². The molecule has 0 bridgehead atoms. The largest absolute Gasteiger partial charge is 0.494 e. The number of nitrogens with zero attached hydrogens (tertiary/aromatic N) is 2. The van der Waals surface area contributed by atoms with Gasteiger partial charge in [-0.2, -0.15) is 5.26 Å². The van der Waals surface area contributed by atoms with Gasteiger partial charge in [-0.05, 0) is 43.9 Å².